The Hall–Kier alpha value is -2.23. The summed E-state index contributed by atoms with van der Waals surface area (Å²) in [7, 11) is 3.54. The van der Waals surface area contributed by atoms with Crippen molar-refractivity contribution in [3.63, 3.8) is 0 Å². The van der Waals surface area contributed by atoms with Gasteiger partial charge in [0.2, 0.25) is 5.88 Å². The van der Waals surface area contributed by atoms with Gasteiger partial charge < -0.3 is 15.4 Å². The van der Waals surface area contributed by atoms with Crippen molar-refractivity contribution in [1.82, 2.24) is 4.98 Å². The molecule has 2 N–H and O–H groups in total. The molecule has 0 bridgehead atoms. The number of nitrogens with two attached hydrogens (primary N) is 1. The maximum absolute atomic E-state index is 5.76. The minimum atomic E-state index is 0.452. The van der Waals surface area contributed by atoms with Crippen LogP contribution in [-0.2, 0) is 0 Å². The van der Waals surface area contributed by atoms with E-state index in [0.717, 1.165) is 11.5 Å². The van der Waals surface area contributed by atoms with Gasteiger partial charge in [-0.3, -0.25) is 0 Å². The van der Waals surface area contributed by atoms with Gasteiger partial charge in [0.05, 0.1) is 12.8 Å². The second-order valence-corrected chi connectivity index (χ2v) is 4.11. The number of aromatic nitrogens is 1. The van der Waals surface area contributed by atoms with E-state index in [1.165, 1.54) is 5.56 Å². The van der Waals surface area contributed by atoms with Gasteiger partial charge in [0, 0.05) is 12.7 Å². The van der Waals surface area contributed by atoms with Gasteiger partial charge in [0.25, 0.3) is 0 Å². The zero-order valence-corrected chi connectivity index (χ0v) is 10.8. The van der Waals surface area contributed by atoms with E-state index in [-0.39, 0.29) is 0 Å². The molecular formula is C14H17N3O. The number of ether oxygens (including phenoxy) is 1. The fourth-order valence-electron chi connectivity index (χ4n) is 1.85. The summed E-state index contributed by atoms with van der Waals surface area (Å²) >= 11 is 0. The van der Waals surface area contributed by atoms with Crippen molar-refractivity contribution >= 4 is 17.2 Å². The van der Waals surface area contributed by atoms with Crippen LogP contribution in [0.1, 0.15) is 5.56 Å². The zero-order chi connectivity index (χ0) is 13.1. The fraction of sp³-hybridized carbons (Fsp3) is 0.214. The van der Waals surface area contributed by atoms with Crippen LogP contribution in [0.4, 0.5) is 17.2 Å². The third-order valence-electron chi connectivity index (χ3n) is 2.89. The second-order valence-electron chi connectivity index (χ2n) is 4.11. The number of para-hydroxylation sites is 1. The molecule has 2 aromatic rings. The summed E-state index contributed by atoms with van der Waals surface area (Å²) in [5.41, 5.74) is 8.60. The molecule has 0 aliphatic heterocycles. The van der Waals surface area contributed by atoms with E-state index in [4.69, 9.17) is 10.5 Å². The van der Waals surface area contributed by atoms with Crippen molar-refractivity contribution in [2.24, 2.45) is 0 Å². The van der Waals surface area contributed by atoms with Gasteiger partial charge in [-0.15, -0.1) is 0 Å². The van der Waals surface area contributed by atoms with E-state index in [1.54, 1.807) is 13.2 Å². The number of methoxy groups -OCH3 is 1. The van der Waals surface area contributed by atoms with E-state index in [9.17, 15) is 0 Å². The second kappa shape index (κ2) is 4.96. The Morgan fingerprint density at radius 1 is 1.17 bits per heavy atom. The average molecular weight is 243 g/mol. The highest BCUT2D eigenvalue weighted by molar-refractivity contribution is 5.65. The third-order valence-corrected chi connectivity index (χ3v) is 2.89. The third kappa shape index (κ3) is 2.22. The number of benzene rings is 1. The molecule has 0 amide bonds. The van der Waals surface area contributed by atoms with Crippen LogP contribution in [0.25, 0.3) is 0 Å². The lowest BCUT2D eigenvalue weighted by Crippen LogP contribution is -2.13. The molecular weight excluding hydrogens is 226 g/mol. The number of hydrogen-bond donors (Lipinski definition) is 1. The van der Waals surface area contributed by atoms with Gasteiger partial charge in [-0.1, -0.05) is 18.2 Å². The molecule has 0 aliphatic carbocycles. The maximum atomic E-state index is 5.76. The number of nitrogens with zero attached hydrogens (tertiary/aromatic N) is 2. The first-order valence-corrected chi connectivity index (χ1v) is 5.73. The van der Waals surface area contributed by atoms with Crippen molar-refractivity contribution in [3.8, 4) is 5.88 Å². The molecule has 2 rings (SSSR count). The summed E-state index contributed by atoms with van der Waals surface area (Å²) in [5.74, 6) is 1.25. The zero-order valence-electron chi connectivity index (χ0n) is 10.8. The largest absolute Gasteiger partial charge is 0.479 e. The van der Waals surface area contributed by atoms with Crippen molar-refractivity contribution in [1.29, 1.82) is 0 Å². The minimum absolute atomic E-state index is 0.452. The van der Waals surface area contributed by atoms with Gasteiger partial charge in [-0.05, 0) is 30.7 Å². The van der Waals surface area contributed by atoms with Crippen LogP contribution >= 0.6 is 0 Å². The van der Waals surface area contributed by atoms with Crippen LogP contribution in [0.2, 0.25) is 0 Å². The quantitative estimate of drug-likeness (QED) is 0.900. The summed E-state index contributed by atoms with van der Waals surface area (Å²) in [5, 5.41) is 0. The number of anilines is 3. The van der Waals surface area contributed by atoms with Gasteiger partial charge in [0.1, 0.15) is 5.82 Å². The Morgan fingerprint density at radius 3 is 2.56 bits per heavy atom. The summed E-state index contributed by atoms with van der Waals surface area (Å²) in [6.45, 7) is 2.07. The Balaban J connectivity index is 2.40. The minimum Gasteiger partial charge on any atom is -0.479 e. The Kier molecular flexibility index (Phi) is 3.37. The molecule has 0 saturated carbocycles. The lowest BCUT2D eigenvalue weighted by molar-refractivity contribution is 0.400. The molecule has 4 heteroatoms. The van der Waals surface area contributed by atoms with E-state index in [1.807, 2.05) is 30.1 Å². The Morgan fingerprint density at radius 2 is 1.89 bits per heavy atom. The normalized spacial score (nSPS) is 10.2. The first-order valence-electron chi connectivity index (χ1n) is 5.73. The van der Waals surface area contributed by atoms with Gasteiger partial charge in [-0.2, -0.15) is 4.98 Å². The fourth-order valence-corrected chi connectivity index (χ4v) is 1.85. The average Bonchev–Trinajstić information content (AvgIpc) is 2.39. The summed E-state index contributed by atoms with van der Waals surface area (Å²) in [6, 6.07) is 11.8. The lowest BCUT2D eigenvalue weighted by Gasteiger charge is -2.21. The van der Waals surface area contributed by atoms with Gasteiger partial charge in [0.15, 0.2) is 0 Å². The first-order chi connectivity index (χ1) is 8.63. The smallest absolute Gasteiger partial charge is 0.238 e. The summed E-state index contributed by atoms with van der Waals surface area (Å²) in [6.07, 6.45) is 0. The number of aryl methyl sites for hydroxylation is 1. The van der Waals surface area contributed by atoms with E-state index < -0.39 is 0 Å². The number of nitrogen functional groups attached to an aromatic ring is 1. The van der Waals surface area contributed by atoms with Crippen molar-refractivity contribution in [2.75, 3.05) is 24.8 Å². The predicted octanol–water partition coefficient (Wildman–Crippen LogP) is 2.75. The van der Waals surface area contributed by atoms with Crippen molar-refractivity contribution < 1.29 is 4.74 Å². The molecule has 0 spiro atoms. The van der Waals surface area contributed by atoms with Crippen molar-refractivity contribution in [2.45, 2.75) is 6.92 Å². The summed E-state index contributed by atoms with van der Waals surface area (Å²) in [4.78, 5) is 6.40. The van der Waals surface area contributed by atoms with E-state index in [0.29, 0.717) is 11.6 Å². The Bertz CT molecular complexity index is 554. The maximum Gasteiger partial charge on any atom is 0.238 e. The molecule has 0 aliphatic rings. The molecule has 94 valence electrons. The highest BCUT2D eigenvalue weighted by Gasteiger charge is 2.10. The van der Waals surface area contributed by atoms with Crippen molar-refractivity contribution in [3.05, 3.63) is 42.0 Å². The Labute approximate surface area is 107 Å². The van der Waals surface area contributed by atoms with Crippen LogP contribution < -0.4 is 15.4 Å². The molecule has 18 heavy (non-hydrogen) atoms. The monoisotopic (exact) mass is 243 g/mol. The standard InChI is InChI=1S/C14H17N3O/c1-10-6-4-5-7-12(10)17(2)13-9-8-11(15)14(16-13)18-3/h4-9H,15H2,1-3H3. The van der Waals surface area contributed by atoms with Crippen LogP contribution in [0.3, 0.4) is 0 Å². The number of pyridine rings is 1. The molecule has 0 saturated heterocycles. The first kappa shape index (κ1) is 12.2. The summed E-state index contributed by atoms with van der Waals surface area (Å²) < 4.78 is 5.14. The molecule has 0 unspecified atom stereocenters. The SMILES string of the molecule is COc1nc(N(C)c2ccccc2C)ccc1N. The van der Waals surface area contributed by atoms with Crippen LogP contribution in [0.15, 0.2) is 36.4 Å². The number of rotatable bonds is 3. The van der Waals surface area contributed by atoms with E-state index >= 15 is 0 Å². The van der Waals surface area contributed by atoms with Gasteiger partial charge in [-0.25, -0.2) is 0 Å². The highest BCUT2D eigenvalue weighted by Crippen LogP contribution is 2.28. The van der Waals surface area contributed by atoms with Gasteiger partial charge >= 0.3 is 0 Å². The molecule has 0 fully saturated rings. The lowest BCUT2D eigenvalue weighted by atomic mass is 10.2. The molecule has 1 aromatic heterocycles. The molecule has 0 radical (unpaired) electrons. The van der Waals surface area contributed by atoms with Crippen LogP contribution in [-0.4, -0.2) is 19.1 Å². The topological polar surface area (TPSA) is 51.4 Å². The molecule has 0 atom stereocenters. The predicted molar refractivity (Wildman–Crippen MR) is 74.4 cm³/mol. The molecule has 1 heterocycles. The van der Waals surface area contributed by atoms with Crippen LogP contribution in [0.5, 0.6) is 5.88 Å². The van der Waals surface area contributed by atoms with E-state index in [2.05, 4.69) is 24.0 Å². The highest BCUT2D eigenvalue weighted by atomic mass is 16.5. The molecule has 1 aromatic carbocycles. The molecule has 4 nitrogen and oxygen atoms in total. The number of hydrogen-bond acceptors (Lipinski definition) is 4. The van der Waals surface area contributed by atoms with Crippen LogP contribution in [0, 0.1) is 6.92 Å².